The van der Waals surface area contributed by atoms with Crippen molar-refractivity contribution >= 4 is 35.2 Å². The Hall–Kier alpha value is -4.75. The zero-order chi connectivity index (χ0) is 44.0. The van der Waals surface area contributed by atoms with Gasteiger partial charge in [0.15, 0.2) is 0 Å². The molecule has 2 atom stereocenters. The predicted octanol–water partition coefficient (Wildman–Crippen LogP) is 6.11. The number of rotatable bonds is 10. The number of piperidine rings is 3. The molecule has 1 saturated carbocycles. The lowest BCUT2D eigenvalue weighted by Crippen LogP contribution is -2.74. The van der Waals surface area contributed by atoms with Crippen LogP contribution in [0.3, 0.4) is 0 Å². The highest BCUT2D eigenvalue weighted by atomic mass is 35.5. The van der Waals surface area contributed by atoms with Gasteiger partial charge in [-0.2, -0.15) is 5.26 Å². The molecule has 3 saturated heterocycles. The monoisotopic (exact) mass is 849 g/mol. The van der Waals surface area contributed by atoms with Crippen LogP contribution in [-0.4, -0.2) is 100 Å². The minimum Gasteiger partial charge on any atom is -0.489 e. The van der Waals surface area contributed by atoms with Gasteiger partial charge in [-0.1, -0.05) is 65.6 Å². The molecule has 4 fully saturated rings. The second-order valence-electron chi connectivity index (χ2n) is 19.6. The van der Waals surface area contributed by atoms with Gasteiger partial charge in [-0.25, -0.2) is 4.98 Å². The highest BCUT2D eigenvalue weighted by Gasteiger charge is 2.67. The third kappa shape index (κ3) is 8.82. The van der Waals surface area contributed by atoms with Crippen molar-refractivity contribution in [3.8, 4) is 23.7 Å². The predicted molar refractivity (Wildman–Crippen MR) is 233 cm³/mol. The standard InChI is InChI=1S/C48H60ClN7O5/c1-29(41(58)52-38-15-16-40(57)53-42(38)59)46(3,4)30(2)55-23-19-32(20-24-55)27-54-21-17-31(18-22-54)9-11-34-12-14-36-39(51-34)28-56(43(36)60)44-47(5,6)45(48(44,7)8)61-35-13-10-33(26-50)37(49)25-35/h10,12-14,25,30-32,38,44-45H,1,15-24,27-28H2,2-8H3,(H,52,58)(H,53,57,59)/t30-,38?,44-,45-/m0/s1. The largest absolute Gasteiger partial charge is 0.489 e. The fourth-order valence-electron chi connectivity index (χ4n) is 10.9. The zero-order valence-electron chi connectivity index (χ0n) is 36.7. The van der Waals surface area contributed by atoms with Gasteiger partial charge in [0.1, 0.15) is 29.7 Å². The summed E-state index contributed by atoms with van der Waals surface area (Å²) in [6.45, 7) is 24.4. The Kier molecular flexibility index (Phi) is 12.5. The first-order valence-electron chi connectivity index (χ1n) is 21.8. The molecule has 0 radical (unpaired) electrons. The van der Waals surface area contributed by atoms with Crippen LogP contribution < -0.4 is 15.4 Å². The van der Waals surface area contributed by atoms with Crippen molar-refractivity contribution in [1.82, 2.24) is 30.3 Å². The maximum atomic E-state index is 13.8. The summed E-state index contributed by atoms with van der Waals surface area (Å²) >= 11 is 6.30. The average molecular weight is 851 g/mol. The van der Waals surface area contributed by atoms with E-state index >= 15 is 0 Å². The SMILES string of the molecule is C=C(C(=O)NC1CCC(=O)NC1=O)C(C)(C)[C@H](C)N1CCC(CN2CCC(C#Cc3ccc4c(n3)CN([C@H]3C(C)(C)[C@H](Oc5ccc(C#N)c(Cl)c5)C3(C)C)C4=O)CC2)CC1. The van der Waals surface area contributed by atoms with Crippen molar-refractivity contribution in [1.29, 1.82) is 5.26 Å². The number of hydrogen-bond donors (Lipinski definition) is 2. The maximum absolute atomic E-state index is 13.8. The Morgan fingerprint density at radius 3 is 2.38 bits per heavy atom. The Balaban J connectivity index is 0.862. The summed E-state index contributed by atoms with van der Waals surface area (Å²) in [4.78, 5) is 62.6. The number of imide groups is 1. The van der Waals surface area contributed by atoms with Crippen LogP contribution in [0.5, 0.6) is 5.75 Å². The van der Waals surface area contributed by atoms with Crippen molar-refractivity contribution in [3.05, 3.63) is 70.0 Å². The van der Waals surface area contributed by atoms with Crippen LogP contribution in [0.25, 0.3) is 0 Å². The normalized spacial score (nSPS) is 25.0. The van der Waals surface area contributed by atoms with Gasteiger partial charge in [0.25, 0.3) is 5.91 Å². The molecule has 5 aliphatic rings. The van der Waals surface area contributed by atoms with Crippen LogP contribution in [0.4, 0.5) is 0 Å². The van der Waals surface area contributed by atoms with Crippen molar-refractivity contribution < 1.29 is 23.9 Å². The summed E-state index contributed by atoms with van der Waals surface area (Å²) in [6, 6.07) is 10.3. The van der Waals surface area contributed by atoms with Crippen molar-refractivity contribution in [2.24, 2.45) is 28.1 Å². The van der Waals surface area contributed by atoms with Crippen LogP contribution in [0.15, 0.2) is 42.5 Å². The number of halogens is 1. The van der Waals surface area contributed by atoms with Gasteiger partial charge in [-0.3, -0.25) is 29.4 Å². The van der Waals surface area contributed by atoms with Crippen LogP contribution in [-0.2, 0) is 20.9 Å². The van der Waals surface area contributed by atoms with Crippen LogP contribution >= 0.6 is 11.6 Å². The maximum Gasteiger partial charge on any atom is 0.256 e. The topological polar surface area (TPSA) is 148 Å². The molecule has 2 aromatic rings. The Bertz CT molecular complexity index is 2190. The van der Waals surface area contributed by atoms with Gasteiger partial charge in [0, 0.05) is 58.9 Å². The number of fused-ring (bicyclic) bond motifs is 1. The molecule has 1 unspecified atom stereocenters. The summed E-state index contributed by atoms with van der Waals surface area (Å²) in [5.41, 5.74) is 1.73. The van der Waals surface area contributed by atoms with E-state index in [0.717, 1.165) is 64.1 Å². The van der Waals surface area contributed by atoms with Crippen molar-refractivity contribution in [2.45, 2.75) is 118 Å². The first kappa shape index (κ1) is 44.3. The van der Waals surface area contributed by atoms with E-state index in [9.17, 15) is 24.4 Å². The number of likely N-dealkylation sites (tertiary alicyclic amines) is 2. The summed E-state index contributed by atoms with van der Waals surface area (Å²) in [5, 5.41) is 14.7. The number of nitrogens with one attached hydrogen (secondary N) is 2. The molecular weight excluding hydrogens is 790 g/mol. The van der Waals surface area contributed by atoms with E-state index in [1.54, 1.807) is 18.2 Å². The summed E-state index contributed by atoms with van der Waals surface area (Å²) < 4.78 is 6.47. The van der Waals surface area contributed by atoms with Crippen molar-refractivity contribution in [3.63, 3.8) is 0 Å². The zero-order valence-corrected chi connectivity index (χ0v) is 37.5. The lowest BCUT2D eigenvalue weighted by Gasteiger charge is -2.65. The molecule has 12 nitrogen and oxygen atoms in total. The number of carbonyl (C=O) groups is 4. The van der Waals surface area contributed by atoms with Gasteiger partial charge in [0.2, 0.25) is 17.7 Å². The summed E-state index contributed by atoms with van der Waals surface area (Å²) in [5.74, 6) is 7.25. The quantitative estimate of drug-likeness (QED) is 0.164. The molecule has 7 rings (SSSR count). The van der Waals surface area contributed by atoms with E-state index in [1.165, 1.54) is 0 Å². The molecule has 0 spiro atoms. The molecule has 13 heteroatoms. The van der Waals surface area contributed by atoms with Crippen LogP contribution in [0.1, 0.15) is 114 Å². The molecule has 324 valence electrons. The number of carbonyl (C=O) groups excluding carboxylic acids is 4. The molecule has 4 aliphatic heterocycles. The molecular formula is C48H60ClN7O5. The molecule has 1 aromatic heterocycles. The molecule has 1 aliphatic carbocycles. The third-order valence-corrected chi connectivity index (χ3v) is 14.8. The van der Waals surface area contributed by atoms with Crippen molar-refractivity contribution in [2.75, 3.05) is 32.7 Å². The van der Waals surface area contributed by atoms with Gasteiger partial charge in [0.05, 0.1) is 28.4 Å². The fraction of sp³-hybridized carbons (Fsp3) is 0.583. The Morgan fingerprint density at radius 2 is 1.74 bits per heavy atom. The number of benzene rings is 1. The number of aromatic nitrogens is 1. The number of amides is 4. The summed E-state index contributed by atoms with van der Waals surface area (Å²) in [7, 11) is 0. The van der Waals surface area contributed by atoms with E-state index in [4.69, 9.17) is 21.3 Å². The Morgan fingerprint density at radius 1 is 1.05 bits per heavy atom. The molecule has 61 heavy (non-hydrogen) atoms. The van der Waals surface area contributed by atoms with Gasteiger partial charge in [-0.05, 0) is 101 Å². The molecule has 5 heterocycles. The van der Waals surface area contributed by atoms with Crippen LogP contribution in [0.2, 0.25) is 5.02 Å². The number of nitrogens with zero attached hydrogens (tertiary/aromatic N) is 5. The molecule has 0 bridgehead atoms. The first-order valence-corrected chi connectivity index (χ1v) is 22.2. The number of hydrogen-bond acceptors (Lipinski definition) is 9. The van der Waals surface area contributed by atoms with E-state index in [2.05, 4.69) is 79.5 Å². The van der Waals surface area contributed by atoms with E-state index in [1.807, 2.05) is 30.9 Å². The smallest absolute Gasteiger partial charge is 0.256 e. The second kappa shape index (κ2) is 17.2. The van der Waals surface area contributed by atoms with E-state index in [-0.39, 0.29) is 53.2 Å². The first-order chi connectivity index (χ1) is 28.8. The number of nitriles is 1. The number of ether oxygens (including phenoxy) is 1. The summed E-state index contributed by atoms with van der Waals surface area (Å²) in [6.07, 6.45) is 4.54. The lowest BCUT2D eigenvalue weighted by molar-refractivity contribution is -0.199. The molecule has 1 aromatic carbocycles. The lowest BCUT2D eigenvalue weighted by atomic mass is 9.49. The van der Waals surface area contributed by atoms with E-state index in [0.29, 0.717) is 58.0 Å². The highest BCUT2D eigenvalue weighted by molar-refractivity contribution is 6.31. The Labute approximate surface area is 365 Å². The number of pyridine rings is 1. The fourth-order valence-corrected chi connectivity index (χ4v) is 11.1. The second-order valence-corrected chi connectivity index (χ2v) is 20.0. The molecule has 4 amide bonds. The van der Waals surface area contributed by atoms with Gasteiger partial charge >= 0.3 is 0 Å². The third-order valence-electron chi connectivity index (χ3n) is 14.5. The van der Waals surface area contributed by atoms with Gasteiger partial charge < -0.3 is 19.9 Å². The van der Waals surface area contributed by atoms with Crippen LogP contribution in [0, 0.1) is 51.3 Å². The van der Waals surface area contributed by atoms with E-state index < -0.39 is 17.4 Å². The van der Waals surface area contributed by atoms with Gasteiger partial charge in [-0.15, -0.1) is 0 Å². The average Bonchev–Trinajstić information content (AvgIpc) is 3.53. The molecule has 2 N–H and O–H groups in total. The highest BCUT2D eigenvalue weighted by Crippen LogP contribution is 2.59. The minimum atomic E-state index is -0.719. The minimum absolute atomic E-state index is 0.0107.